The largest absolute Gasteiger partial charge is 0.494 e. The van der Waals surface area contributed by atoms with Crippen molar-refractivity contribution in [3.8, 4) is 0 Å². The molecule has 4 heterocycles. The molecule has 0 amide bonds. The van der Waals surface area contributed by atoms with Crippen molar-refractivity contribution >= 4 is 28.8 Å². The van der Waals surface area contributed by atoms with E-state index in [1.54, 1.807) is 6.20 Å². The fourth-order valence-electron chi connectivity index (χ4n) is 4.59. The van der Waals surface area contributed by atoms with Crippen LogP contribution in [0.3, 0.4) is 0 Å². The van der Waals surface area contributed by atoms with Crippen molar-refractivity contribution in [2.45, 2.75) is 25.8 Å². The average molecular weight is 540 g/mol. The summed E-state index contributed by atoms with van der Waals surface area (Å²) in [4.78, 5) is 17.2. The van der Waals surface area contributed by atoms with Gasteiger partial charge in [-0.05, 0) is 43.2 Å². The highest BCUT2D eigenvalue weighted by molar-refractivity contribution is 7.11. The summed E-state index contributed by atoms with van der Waals surface area (Å²) >= 11 is 7.34. The molecule has 190 valence electrons. The van der Waals surface area contributed by atoms with Crippen LogP contribution in [0.1, 0.15) is 34.3 Å². The number of halogens is 3. The highest BCUT2D eigenvalue weighted by atomic mass is 35.5. The van der Waals surface area contributed by atoms with E-state index in [0.29, 0.717) is 51.5 Å². The van der Waals surface area contributed by atoms with Gasteiger partial charge in [0.2, 0.25) is 5.88 Å². The first kappa shape index (κ1) is 25.1. The Kier molecular flexibility index (Phi) is 6.83. The number of amidine groups is 1. The van der Waals surface area contributed by atoms with Crippen LogP contribution in [0.15, 0.2) is 82.9 Å². The van der Waals surface area contributed by atoms with E-state index in [1.165, 1.54) is 28.4 Å². The zero-order chi connectivity index (χ0) is 26.3. The number of rotatable bonds is 6. The highest BCUT2D eigenvalue weighted by Crippen LogP contribution is 2.37. The van der Waals surface area contributed by atoms with Crippen LogP contribution in [0.5, 0.6) is 0 Å². The van der Waals surface area contributed by atoms with Gasteiger partial charge in [-0.25, -0.2) is 18.8 Å². The Morgan fingerprint density at radius 2 is 2.00 bits per heavy atom. The summed E-state index contributed by atoms with van der Waals surface area (Å²) in [6.07, 6.45) is 2.49. The smallest absolute Gasteiger partial charge is 0.204 e. The molecule has 0 bridgehead atoms. The maximum Gasteiger partial charge on any atom is 0.204 e. The zero-order valence-corrected chi connectivity index (χ0v) is 21.7. The third kappa shape index (κ3) is 5.14. The fraction of sp³-hybridized carbons (Fsp3) is 0.222. The summed E-state index contributed by atoms with van der Waals surface area (Å²) in [5.41, 5.74) is 3.33. The van der Waals surface area contributed by atoms with Gasteiger partial charge < -0.3 is 10.0 Å². The summed E-state index contributed by atoms with van der Waals surface area (Å²) < 4.78 is 27.9. The van der Waals surface area contributed by atoms with Crippen LogP contribution < -0.4 is 0 Å². The molecule has 0 radical (unpaired) electrons. The summed E-state index contributed by atoms with van der Waals surface area (Å²) in [5.74, 6) is -1.02. The van der Waals surface area contributed by atoms with Gasteiger partial charge in [0.15, 0.2) is 10.8 Å². The first-order chi connectivity index (χ1) is 17.7. The summed E-state index contributed by atoms with van der Waals surface area (Å²) in [6, 6.07) is 7.00. The molecule has 1 atom stereocenters. The average Bonchev–Trinajstić information content (AvgIpc) is 3.50. The number of nitrogens with zero attached hydrogens (tertiary/aromatic N) is 5. The van der Waals surface area contributed by atoms with Crippen molar-refractivity contribution < 1.29 is 13.9 Å². The Balaban J connectivity index is 1.47. The normalized spacial score (nSPS) is 18.0. The van der Waals surface area contributed by atoms with Gasteiger partial charge in [-0.3, -0.25) is 9.88 Å². The molecule has 0 aliphatic carbocycles. The third-order valence-corrected chi connectivity index (χ3v) is 7.54. The first-order valence-corrected chi connectivity index (χ1v) is 12.9. The zero-order valence-electron chi connectivity index (χ0n) is 20.1. The molecular formula is C27H24ClF2N5OS. The Labute approximate surface area is 222 Å². The van der Waals surface area contributed by atoms with Crippen molar-refractivity contribution in [3.05, 3.63) is 117 Å². The Morgan fingerprint density at radius 1 is 1.24 bits per heavy atom. The number of benzene rings is 1. The van der Waals surface area contributed by atoms with E-state index in [0.717, 1.165) is 23.9 Å². The van der Waals surface area contributed by atoms with E-state index in [-0.39, 0.29) is 18.3 Å². The lowest BCUT2D eigenvalue weighted by Gasteiger charge is -2.33. The van der Waals surface area contributed by atoms with Crippen LogP contribution in [0.4, 0.5) is 8.78 Å². The standard InChI is InChI=1S/C27H24ClF2N5OS/c1-15-14-37-26(32-15)25-33-16(2)24(27(36)35(25)12-18-8-21(29)10-22(30)9-18)17(3)34-7-6-19(13-34)23-5-4-20(28)11-31-23/h4-5,8-11,14,19,36H,2-3,6-7,12-13H2,1H3. The Bertz CT molecular complexity index is 1430. The molecule has 3 aromatic rings. The summed E-state index contributed by atoms with van der Waals surface area (Å²) in [6.45, 7) is 11.5. The predicted octanol–water partition coefficient (Wildman–Crippen LogP) is 6.33. The monoisotopic (exact) mass is 539 g/mol. The number of aryl methyl sites for hydroxylation is 1. The van der Waals surface area contributed by atoms with Crippen molar-refractivity contribution in [1.29, 1.82) is 0 Å². The lowest BCUT2D eigenvalue weighted by Crippen LogP contribution is -2.36. The van der Waals surface area contributed by atoms with Crippen molar-refractivity contribution in [2.75, 3.05) is 13.1 Å². The van der Waals surface area contributed by atoms with E-state index in [1.807, 2.05) is 24.4 Å². The molecule has 5 rings (SSSR count). The van der Waals surface area contributed by atoms with E-state index in [2.05, 4.69) is 33.0 Å². The number of likely N-dealkylation sites (tertiary alicyclic amines) is 1. The van der Waals surface area contributed by atoms with Crippen LogP contribution in [0.2, 0.25) is 5.02 Å². The molecule has 2 aliphatic rings. The van der Waals surface area contributed by atoms with E-state index in [9.17, 15) is 13.9 Å². The van der Waals surface area contributed by atoms with Crippen LogP contribution in [0.25, 0.3) is 0 Å². The number of hydrogen-bond donors (Lipinski definition) is 1. The van der Waals surface area contributed by atoms with Crippen LogP contribution in [0, 0.1) is 18.6 Å². The molecule has 37 heavy (non-hydrogen) atoms. The number of pyridine rings is 1. The second kappa shape index (κ2) is 10.1. The number of aliphatic hydroxyl groups excluding tert-OH is 1. The van der Waals surface area contributed by atoms with E-state index >= 15 is 0 Å². The maximum absolute atomic E-state index is 14.0. The molecule has 1 saturated heterocycles. The minimum absolute atomic E-state index is 0.0284. The fourth-order valence-corrected chi connectivity index (χ4v) is 5.50. The minimum Gasteiger partial charge on any atom is -0.494 e. The molecule has 10 heteroatoms. The van der Waals surface area contributed by atoms with Crippen LogP contribution in [-0.2, 0) is 6.54 Å². The molecule has 2 aromatic heterocycles. The maximum atomic E-state index is 14.0. The van der Waals surface area contributed by atoms with Gasteiger partial charge in [-0.2, -0.15) is 0 Å². The van der Waals surface area contributed by atoms with Crippen molar-refractivity contribution in [1.82, 2.24) is 19.8 Å². The second-order valence-corrected chi connectivity index (χ2v) is 10.3. The third-order valence-electron chi connectivity index (χ3n) is 6.36. The van der Waals surface area contributed by atoms with Gasteiger partial charge in [0.25, 0.3) is 0 Å². The Morgan fingerprint density at radius 3 is 2.65 bits per heavy atom. The van der Waals surface area contributed by atoms with Crippen molar-refractivity contribution in [3.63, 3.8) is 0 Å². The van der Waals surface area contributed by atoms with Gasteiger partial charge >= 0.3 is 0 Å². The molecule has 6 nitrogen and oxygen atoms in total. The molecule has 1 unspecified atom stereocenters. The molecule has 2 aliphatic heterocycles. The topological polar surface area (TPSA) is 64.8 Å². The number of hydrogen-bond acceptors (Lipinski definition) is 7. The van der Waals surface area contributed by atoms with E-state index < -0.39 is 11.6 Å². The minimum atomic E-state index is -0.702. The van der Waals surface area contributed by atoms with Crippen LogP contribution in [-0.4, -0.2) is 43.8 Å². The number of aliphatic hydroxyl groups is 1. The van der Waals surface area contributed by atoms with Gasteiger partial charge in [0.1, 0.15) is 11.6 Å². The lowest BCUT2D eigenvalue weighted by atomic mass is 10.0. The molecule has 1 aromatic carbocycles. The molecule has 0 spiro atoms. The Hall–Kier alpha value is -3.56. The summed E-state index contributed by atoms with van der Waals surface area (Å²) in [7, 11) is 0. The number of thiazole rings is 1. The second-order valence-electron chi connectivity index (χ2n) is 9.02. The number of aliphatic imine (C=N–C) groups is 1. The van der Waals surface area contributed by atoms with E-state index in [4.69, 9.17) is 11.6 Å². The van der Waals surface area contributed by atoms with Gasteiger partial charge in [0.05, 0.1) is 22.8 Å². The van der Waals surface area contributed by atoms with Crippen LogP contribution >= 0.6 is 22.9 Å². The predicted molar refractivity (Wildman–Crippen MR) is 141 cm³/mol. The van der Waals surface area contributed by atoms with Crippen molar-refractivity contribution in [2.24, 2.45) is 4.99 Å². The number of aromatic nitrogens is 2. The molecule has 0 saturated carbocycles. The summed E-state index contributed by atoms with van der Waals surface area (Å²) in [5, 5.41) is 14.5. The highest BCUT2D eigenvalue weighted by Gasteiger charge is 2.34. The van der Waals surface area contributed by atoms with Gasteiger partial charge in [-0.15, -0.1) is 11.3 Å². The SMILES string of the molecule is C=C1N=C(c2nc(C)cs2)N(Cc2cc(F)cc(F)c2)C(O)=C1C(=C)N1CCC(c2ccc(Cl)cn2)C1. The van der Waals surface area contributed by atoms with Gasteiger partial charge in [0, 0.05) is 53.7 Å². The molecule has 1 N–H and O–H groups in total. The van der Waals surface area contributed by atoms with Gasteiger partial charge in [-0.1, -0.05) is 24.8 Å². The lowest BCUT2D eigenvalue weighted by molar-refractivity contribution is 0.258. The molecular weight excluding hydrogens is 516 g/mol. The first-order valence-electron chi connectivity index (χ1n) is 11.6. The molecule has 1 fully saturated rings. The quantitative estimate of drug-likeness (QED) is 0.397.